The van der Waals surface area contributed by atoms with Crippen LogP contribution in [0.4, 0.5) is 10.2 Å². The minimum atomic E-state index is -0.292. The van der Waals surface area contributed by atoms with Crippen molar-refractivity contribution in [2.75, 3.05) is 11.9 Å². The molecule has 3 nitrogen and oxygen atoms in total. The first-order valence-corrected chi connectivity index (χ1v) is 5.38. The molecule has 1 fully saturated rings. The van der Waals surface area contributed by atoms with E-state index in [-0.39, 0.29) is 11.9 Å². The monoisotopic (exact) mass is 209 g/mol. The fraction of sp³-hybridized carbons (Fsp3) is 0.545. The number of rotatable bonds is 3. The van der Waals surface area contributed by atoms with Crippen LogP contribution in [0.2, 0.25) is 0 Å². The van der Waals surface area contributed by atoms with Crippen LogP contribution >= 0.6 is 0 Å². The minimum Gasteiger partial charge on any atom is -0.365 e. The van der Waals surface area contributed by atoms with Crippen molar-refractivity contribution in [1.29, 1.82) is 0 Å². The molecule has 2 rings (SSSR count). The Kier molecular flexibility index (Phi) is 3.16. The van der Waals surface area contributed by atoms with Gasteiger partial charge in [0.25, 0.3) is 0 Å². The zero-order valence-corrected chi connectivity index (χ0v) is 8.62. The van der Waals surface area contributed by atoms with E-state index in [0.717, 1.165) is 19.3 Å². The minimum absolute atomic E-state index is 0.277. The average Bonchev–Trinajstić information content (AvgIpc) is 2.69. The Hall–Kier alpha value is -1.16. The molecule has 0 saturated heterocycles. The van der Waals surface area contributed by atoms with Gasteiger partial charge in [-0.1, -0.05) is 6.42 Å². The van der Waals surface area contributed by atoms with Gasteiger partial charge in [0.2, 0.25) is 0 Å². The van der Waals surface area contributed by atoms with E-state index in [0.29, 0.717) is 18.3 Å². The lowest BCUT2D eigenvalue weighted by atomic mass is 10.0. The highest BCUT2D eigenvalue weighted by atomic mass is 19.1. The van der Waals surface area contributed by atoms with E-state index in [1.54, 1.807) is 12.3 Å². The van der Waals surface area contributed by atoms with E-state index in [1.165, 1.54) is 6.07 Å². The Bertz CT molecular complexity index is 329. The first-order chi connectivity index (χ1) is 7.31. The Morgan fingerprint density at radius 1 is 1.53 bits per heavy atom. The molecular formula is C11H16FN3. The van der Waals surface area contributed by atoms with Crippen LogP contribution in [-0.2, 0) is 0 Å². The van der Waals surface area contributed by atoms with Gasteiger partial charge in [0, 0.05) is 12.2 Å². The van der Waals surface area contributed by atoms with Crippen LogP contribution in [0, 0.1) is 11.7 Å². The number of hydrogen-bond acceptors (Lipinski definition) is 3. The van der Waals surface area contributed by atoms with Gasteiger partial charge in [-0.2, -0.15) is 0 Å². The van der Waals surface area contributed by atoms with Crippen molar-refractivity contribution in [2.24, 2.45) is 11.7 Å². The van der Waals surface area contributed by atoms with Crippen LogP contribution in [0.1, 0.15) is 19.3 Å². The van der Waals surface area contributed by atoms with Gasteiger partial charge in [0.15, 0.2) is 11.6 Å². The molecule has 1 aliphatic rings. The van der Waals surface area contributed by atoms with E-state index in [2.05, 4.69) is 10.3 Å². The second-order valence-electron chi connectivity index (χ2n) is 4.01. The number of halogens is 1. The van der Waals surface area contributed by atoms with Gasteiger partial charge < -0.3 is 11.1 Å². The lowest BCUT2D eigenvalue weighted by Gasteiger charge is -2.20. The zero-order chi connectivity index (χ0) is 10.7. The Morgan fingerprint density at radius 3 is 3.13 bits per heavy atom. The molecule has 82 valence electrons. The topological polar surface area (TPSA) is 50.9 Å². The Balaban J connectivity index is 2.05. The van der Waals surface area contributed by atoms with Crippen molar-refractivity contribution in [3.63, 3.8) is 0 Å². The van der Waals surface area contributed by atoms with Crippen molar-refractivity contribution >= 4 is 5.82 Å². The lowest BCUT2D eigenvalue weighted by Crippen LogP contribution is -2.30. The molecule has 15 heavy (non-hydrogen) atoms. The summed E-state index contributed by atoms with van der Waals surface area (Å²) in [5.41, 5.74) is 5.66. The van der Waals surface area contributed by atoms with E-state index < -0.39 is 0 Å². The first-order valence-electron chi connectivity index (χ1n) is 5.38. The molecule has 2 unspecified atom stereocenters. The molecule has 1 heterocycles. The molecule has 1 saturated carbocycles. The summed E-state index contributed by atoms with van der Waals surface area (Å²) in [7, 11) is 0. The van der Waals surface area contributed by atoms with Gasteiger partial charge in [-0.25, -0.2) is 9.37 Å². The highest BCUT2D eigenvalue weighted by molar-refractivity contribution is 5.37. The molecule has 0 amide bonds. The van der Waals surface area contributed by atoms with E-state index in [1.807, 2.05) is 0 Å². The van der Waals surface area contributed by atoms with Crippen molar-refractivity contribution in [1.82, 2.24) is 4.98 Å². The van der Waals surface area contributed by atoms with Crippen LogP contribution in [0.5, 0.6) is 0 Å². The molecule has 0 aromatic carbocycles. The van der Waals surface area contributed by atoms with Gasteiger partial charge in [0.05, 0.1) is 0 Å². The third-order valence-corrected chi connectivity index (χ3v) is 3.04. The average molecular weight is 209 g/mol. The predicted octanol–water partition coefficient (Wildman–Crippen LogP) is 1.76. The van der Waals surface area contributed by atoms with E-state index >= 15 is 0 Å². The largest absolute Gasteiger partial charge is 0.365 e. The van der Waals surface area contributed by atoms with Crippen molar-refractivity contribution in [2.45, 2.75) is 25.3 Å². The second-order valence-corrected chi connectivity index (χ2v) is 4.01. The van der Waals surface area contributed by atoms with E-state index in [9.17, 15) is 4.39 Å². The van der Waals surface area contributed by atoms with Crippen molar-refractivity contribution in [3.8, 4) is 0 Å². The number of pyridine rings is 1. The molecule has 0 radical (unpaired) electrons. The van der Waals surface area contributed by atoms with Crippen molar-refractivity contribution < 1.29 is 4.39 Å². The fourth-order valence-electron chi connectivity index (χ4n) is 2.18. The molecule has 1 aliphatic carbocycles. The van der Waals surface area contributed by atoms with Gasteiger partial charge >= 0.3 is 0 Å². The molecule has 4 heteroatoms. The van der Waals surface area contributed by atoms with Crippen molar-refractivity contribution in [3.05, 3.63) is 24.1 Å². The van der Waals surface area contributed by atoms with Gasteiger partial charge in [0.1, 0.15) is 0 Å². The molecular weight excluding hydrogens is 193 g/mol. The zero-order valence-electron chi connectivity index (χ0n) is 8.62. The molecule has 1 aromatic heterocycles. The van der Waals surface area contributed by atoms with Gasteiger partial charge in [-0.05, 0) is 37.4 Å². The molecule has 3 N–H and O–H groups in total. The third-order valence-electron chi connectivity index (χ3n) is 3.04. The van der Waals surface area contributed by atoms with Crippen LogP contribution in [0.15, 0.2) is 18.3 Å². The van der Waals surface area contributed by atoms with Gasteiger partial charge in [-0.15, -0.1) is 0 Å². The Labute approximate surface area is 88.9 Å². The molecule has 2 atom stereocenters. The maximum absolute atomic E-state index is 13.3. The fourth-order valence-corrected chi connectivity index (χ4v) is 2.18. The SMILES string of the molecule is NCC1CCCC1Nc1ncccc1F. The molecule has 0 bridgehead atoms. The summed E-state index contributed by atoms with van der Waals surface area (Å²) in [6, 6.07) is 3.29. The van der Waals surface area contributed by atoms with Gasteiger partial charge in [-0.3, -0.25) is 0 Å². The molecule has 1 aromatic rings. The third kappa shape index (κ3) is 2.26. The quantitative estimate of drug-likeness (QED) is 0.797. The summed E-state index contributed by atoms with van der Waals surface area (Å²) < 4.78 is 13.3. The second kappa shape index (κ2) is 4.57. The molecule has 0 aliphatic heterocycles. The summed E-state index contributed by atoms with van der Waals surface area (Å²) in [4.78, 5) is 3.98. The number of nitrogens with two attached hydrogens (primary N) is 1. The summed E-state index contributed by atoms with van der Waals surface area (Å²) >= 11 is 0. The van der Waals surface area contributed by atoms with Crippen LogP contribution in [0.25, 0.3) is 0 Å². The van der Waals surface area contributed by atoms with Crippen LogP contribution < -0.4 is 11.1 Å². The molecule has 0 spiro atoms. The van der Waals surface area contributed by atoms with Crippen LogP contribution in [-0.4, -0.2) is 17.6 Å². The number of nitrogens with zero attached hydrogens (tertiary/aromatic N) is 1. The summed E-state index contributed by atoms with van der Waals surface area (Å²) in [6.45, 7) is 0.659. The summed E-state index contributed by atoms with van der Waals surface area (Å²) in [5.74, 6) is 0.509. The summed E-state index contributed by atoms with van der Waals surface area (Å²) in [6.07, 6.45) is 4.94. The summed E-state index contributed by atoms with van der Waals surface area (Å²) in [5, 5.41) is 3.14. The smallest absolute Gasteiger partial charge is 0.165 e. The van der Waals surface area contributed by atoms with Crippen LogP contribution in [0.3, 0.4) is 0 Å². The number of aromatic nitrogens is 1. The number of hydrogen-bond donors (Lipinski definition) is 2. The highest BCUT2D eigenvalue weighted by Gasteiger charge is 2.26. The number of anilines is 1. The number of nitrogens with one attached hydrogen (secondary N) is 1. The highest BCUT2D eigenvalue weighted by Crippen LogP contribution is 2.27. The Morgan fingerprint density at radius 2 is 2.40 bits per heavy atom. The normalized spacial score (nSPS) is 25.5. The lowest BCUT2D eigenvalue weighted by molar-refractivity contribution is 0.511. The maximum atomic E-state index is 13.3. The predicted molar refractivity (Wildman–Crippen MR) is 58.0 cm³/mol. The van der Waals surface area contributed by atoms with E-state index in [4.69, 9.17) is 5.73 Å². The first kappa shape index (κ1) is 10.4. The standard InChI is InChI=1S/C11H16FN3/c12-9-4-2-6-14-11(9)15-10-5-1-3-8(10)7-13/h2,4,6,8,10H,1,3,5,7,13H2,(H,14,15). The maximum Gasteiger partial charge on any atom is 0.165 e.